The predicted octanol–water partition coefficient (Wildman–Crippen LogP) is 11.7. The van der Waals surface area contributed by atoms with Crippen LogP contribution in [0.15, 0.2) is 97.1 Å². The summed E-state index contributed by atoms with van der Waals surface area (Å²) in [5.41, 5.74) is 16.1. The number of nitrogens with zero attached hydrogens (tertiary/aromatic N) is 2. The Labute approximate surface area is 324 Å². The third-order valence-corrected chi connectivity index (χ3v) is 13.7. The smallest absolute Gasteiger partial charge is 0.256 e. The fraction of sp³-hybridized carbons (Fsp3) is 0.400. The normalized spacial score (nSPS) is 21.2. The van der Waals surface area contributed by atoms with E-state index >= 15 is 0 Å². The molecule has 2 unspecified atom stereocenters. The summed E-state index contributed by atoms with van der Waals surface area (Å²) >= 11 is 0. The molecule has 0 bridgehead atoms. The van der Waals surface area contributed by atoms with E-state index in [0.717, 1.165) is 28.6 Å². The summed E-state index contributed by atoms with van der Waals surface area (Å²) in [6, 6.07) is 37.2. The molecule has 5 aromatic carbocycles. The van der Waals surface area contributed by atoms with Crippen molar-refractivity contribution in [1.29, 1.82) is 0 Å². The van der Waals surface area contributed by atoms with E-state index in [1.54, 1.807) is 5.56 Å². The highest BCUT2D eigenvalue weighted by atomic mass is 16.5. The van der Waals surface area contributed by atoms with Crippen molar-refractivity contribution < 1.29 is 4.74 Å². The van der Waals surface area contributed by atoms with Gasteiger partial charge in [-0.2, -0.15) is 0 Å². The number of benzene rings is 5. The van der Waals surface area contributed by atoms with Gasteiger partial charge >= 0.3 is 0 Å². The number of anilines is 5. The second-order valence-electron chi connectivity index (χ2n) is 20.2. The van der Waals surface area contributed by atoms with Gasteiger partial charge in [-0.25, -0.2) is 0 Å². The average molecular weight is 713 g/mol. The molecular weight excluding hydrogens is 655 g/mol. The minimum Gasteiger partial charge on any atom is -0.458 e. The zero-order valence-corrected chi connectivity index (χ0v) is 34.4. The van der Waals surface area contributed by atoms with Gasteiger partial charge in [0.05, 0.1) is 5.54 Å². The highest BCUT2D eigenvalue weighted by Crippen LogP contribution is 2.62. The number of hydrogen-bond acceptors (Lipinski definition) is 3. The van der Waals surface area contributed by atoms with Gasteiger partial charge in [0.1, 0.15) is 11.5 Å². The number of fused-ring (bicyclic) bond motifs is 7. The van der Waals surface area contributed by atoms with Crippen LogP contribution in [0.25, 0.3) is 0 Å². The summed E-state index contributed by atoms with van der Waals surface area (Å²) in [7, 11) is 0. The van der Waals surface area contributed by atoms with Crippen LogP contribution in [0, 0.1) is 0 Å². The van der Waals surface area contributed by atoms with E-state index in [9.17, 15) is 0 Å². The van der Waals surface area contributed by atoms with Crippen LogP contribution in [0.1, 0.15) is 124 Å². The van der Waals surface area contributed by atoms with E-state index in [-0.39, 0.29) is 33.9 Å². The van der Waals surface area contributed by atoms with Crippen molar-refractivity contribution >= 4 is 51.5 Å². The van der Waals surface area contributed by atoms with E-state index in [1.165, 1.54) is 70.1 Å². The van der Waals surface area contributed by atoms with Gasteiger partial charge in [0, 0.05) is 39.9 Å². The minimum atomic E-state index is 0.00858. The molecule has 3 aliphatic heterocycles. The molecule has 3 nitrogen and oxygen atoms in total. The lowest BCUT2D eigenvalue weighted by atomic mass is 9.34. The summed E-state index contributed by atoms with van der Waals surface area (Å²) in [6.07, 6.45) is 4.97. The molecule has 0 saturated heterocycles. The van der Waals surface area contributed by atoms with Gasteiger partial charge in [0.2, 0.25) is 0 Å². The fourth-order valence-corrected chi connectivity index (χ4v) is 10.3. The fourth-order valence-electron chi connectivity index (χ4n) is 10.3. The molecule has 0 spiro atoms. The Kier molecular flexibility index (Phi) is 7.54. The van der Waals surface area contributed by atoms with Crippen molar-refractivity contribution in [1.82, 2.24) is 0 Å². The molecule has 1 aliphatic carbocycles. The zero-order valence-electron chi connectivity index (χ0n) is 34.4. The summed E-state index contributed by atoms with van der Waals surface area (Å²) in [5.74, 6) is 1.93. The largest absolute Gasteiger partial charge is 0.458 e. The topological polar surface area (TPSA) is 15.7 Å². The molecule has 0 amide bonds. The van der Waals surface area contributed by atoms with E-state index < -0.39 is 0 Å². The number of hydrogen-bond donors (Lipinski definition) is 0. The van der Waals surface area contributed by atoms with E-state index in [1.807, 2.05) is 0 Å². The van der Waals surface area contributed by atoms with Crippen molar-refractivity contribution in [3.05, 3.63) is 119 Å². The second kappa shape index (κ2) is 11.5. The van der Waals surface area contributed by atoms with Crippen LogP contribution < -0.4 is 30.9 Å². The zero-order chi connectivity index (χ0) is 38.2. The van der Waals surface area contributed by atoms with Gasteiger partial charge in [0.25, 0.3) is 6.71 Å². The van der Waals surface area contributed by atoms with Gasteiger partial charge in [0.15, 0.2) is 0 Å². The first-order chi connectivity index (χ1) is 25.4. The average Bonchev–Trinajstić information content (AvgIpc) is 3.33. The lowest BCUT2D eigenvalue weighted by Crippen LogP contribution is -2.63. The monoisotopic (exact) mass is 712 g/mol. The van der Waals surface area contributed by atoms with Crippen LogP contribution in [0.4, 0.5) is 28.4 Å². The van der Waals surface area contributed by atoms with Gasteiger partial charge in [-0.1, -0.05) is 131 Å². The Bertz CT molecular complexity index is 2240. The predicted molar refractivity (Wildman–Crippen MR) is 231 cm³/mol. The standard InChI is InChI=1S/C50H57BN2O/c1-46(2,3)32-17-21-35(22-18-32)52(36-23-19-33(20-24-36)47(4,5)6)37-25-26-39-43(31-37)54-42-16-14-15-41-44(42)51(39)40-30-34(48(7,8)9)29-38-45(40)53(41)50(11)28-13-12-27-49(38,50)10/h14-26,29-31H,12-13,27-28H2,1-11H3. The van der Waals surface area contributed by atoms with Gasteiger partial charge in [-0.15, -0.1) is 0 Å². The highest BCUT2D eigenvalue weighted by molar-refractivity contribution is 6.99. The Hall–Kier alpha value is -4.44. The van der Waals surface area contributed by atoms with Crippen LogP contribution in [0.2, 0.25) is 0 Å². The Morgan fingerprint density at radius 2 is 1.17 bits per heavy atom. The molecule has 1 saturated carbocycles. The molecule has 4 aliphatic rings. The molecule has 54 heavy (non-hydrogen) atoms. The summed E-state index contributed by atoms with van der Waals surface area (Å²) < 4.78 is 7.08. The summed E-state index contributed by atoms with van der Waals surface area (Å²) in [5, 5.41) is 0. The Morgan fingerprint density at radius 1 is 0.593 bits per heavy atom. The van der Waals surface area contributed by atoms with Gasteiger partial charge < -0.3 is 14.5 Å². The van der Waals surface area contributed by atoms with Gasteiger partial charge in [-0.05, 0) is 117 Å². The van der Waals surface area contributed by atoms with Gasteiger partial charge in [-0.3, -0.25) is 0 Å². The first-order valence-corrected chi connectivity index (χ1v) is 20.4. The van der Waals surface area contributed by atoms with Crippen molar-refractivity contribution in [2.24, 2.45) is 0 Å². The maximum Gasteiger partial charge on any atom is 0.256 e. The highest BCUT2D eigenvalue weighted by Gasteiger charge is 2.61. The Balaban J connectivity index is 1.24. The maximum absolute atomic E-state index is 7.08. The molecule has 0 aromatic heterocycles. The van der Waals surface area contributed by atoms with Crippen molar-refractivity contribution in [2.75, 3.05) is 9.80 Å². The van der Waals surface area contributed by atoms with E-state index in [0.29, 0.717) is 0 Å². The van der Waals surface area contributed by atoms with Crippen molar-refractivity contribution in [3.8, 4) is 11.5 Å². The third kappa shape index (κ3) is 5.07. The molecule has 9 rings (SSSR count). The van der Waals surface area contributed by atoms with Crippen LogP contribution >= 0.6 is 0 Å². The van der Waals surface area contributed by atoms with Crippen LogP contribution in [-0.4, -0.2) is 12.3 Å². The molecule has 3 heterocycles. The molecule has 0 N–H and O–H groups in total. The van der Waals surface area contributed by atoms with Crippen LogP contribution in [0.5, 0.6) is 11.5 Å². The first-order valence-electron chi connectivity index (χ1n) is 20.4. The van der Waals surface area contributed by atoms with E-state index in [2.05, 4.69) is 183 Å². The molecule has 4 heteroatoms. The quantitative estimate of drug-likeness (QED) is 0.170. The molecule has 5 aromatic rings. The molecule has 1 fully saturated rings. The van der Waals surface area contributed by atoms with Crippen LogP contribution in [0.3, 0.4) is 0 Å². The minimum absolute atomic E-state index is 0.00858. The first kappa shape index (κ1) is 35.3. The second-order valence-corrected chi connectivity index (χ2v) is 20.2. The number of ether oxygens (including phenoxy) is 1. The van der Waals surface area contributed by atoms with Crippen LogP contribution in [-0.2, 0) is 21.7 Å². The Morgan fingerprint density at radius 3 is 1.76 bits per heavy atom. The van der Waals surface area contributed by atoms with Crippen molar-refractivity contribution in [2.45, 2.75) is 129 Å². The summed E-state index contributed by atoms with van der Waals surface area (Å²) in [4.78, 5) is 5.16. The molecule has 0 radical (unpaired) electrons. The molecule has 2 atom stereocenters. The lowest BCUT2D eigenvalue weighted by molar-refractivity contribution is 0.195. The third-order valence-electron chi connectivity index (χ3n) is 13.7. The summed E-state index contributed by atoms with van der Waals surface area (Å²) in [6.45, 7) is 26.0. The van der Waals surface area contributed by atoms with E-state index in [4.69, 9.17) is 4.74 Å². The molecule has 276 valence electrons. The number of rotatable bonds is 3. The lowest BCUT2D eigenvalue weighted by Gasteiger charge is -2.52. The van der Waals surface area contributed by atoms with Crippen molar-refractivity contribution in [3.63, 3.8) is 0 Å². The maximum atomic E-state index is 7.08. The SMILES string of the molecule is CC(C)(C)c1ccc(N(c2ccc(C(C)(C)C)cc2)c2ccc3c(c2)Oc2cccc4c2B3c2cc(C(C)(C)C)cc3c2N4C2(C)CCCCC32C)cc1. The molecular formula is C50H57BN2O.